The molecule has 1 amide bonds. The summed E-state index contributed by atoms with van der Waals surface area (Å²) in [5.74, 6) is 0.890. The first-order chi connectivity index (χ1) is 9.65. The lowest BCUT2D eigenvalue weighted by Gasteiger charge is -2.36. The highest BCUT2D eigenvalue weighted by Crippen LogP contribution is 2.35. The molecule has 2 aliphatic carbocycles. The van der Waals surface area contributed by atoms with Crippen molar-refractivity contribution in [1.29, 1.82) is 0 Å². The van der Waals surface area contributed by atoms with Crippen molar-refractivity contribution in [2.45, 2.75) is 64.5 Å². The van der Waals surface area contributed by atoms with E-state index < -0.39 is 0 Å². The molecule has 1 aromatic rings. The summed E-state index contributed by atoms with van der Waals surface area (Å²) in [6.45, 7) is 4.20. The minimum Gasteiger partial charge on any atom is -0.331 e. The molecule has 0 N–H and O–H groups in total. The Bertz CT molecular complexity index is 473. The first kappa shape index (κ1) is 13.5. The number of nitrogens with zero attached hydrogens (tertiary/aromatic N) is 3. The number of amides is 1. The SMILES string of the molecule is Cc1cnc(C(=O)N(C2CCC(C)CC2)C2CC2)cn1. The summed E-state index contributed by atoms with van der Waals surface area (Å²) in [6.07, 6.45) is 10.4. The molecule has 0 aliphatic heterocycles. The molecule has 0 radical (unpaired) electrons. The van der Waals surface area contributed by atoms with Crippen molar-refractivity contribution in [3.63, 3.8) is 0 Å². The molecule has 2 saturated carbocycles. The molecule has 0 aromatic carbocycles. The first-order valence-corrected chi connectivity index (χ1v) is 7.76. The number of aryl methyl sites for hydroxylation is 1. The van der Waals surface area contributed by atoms with E-state index in [0.717, 1.165) is 37.3 Å². The van der Waals surface area contributed by atoms with E-state index in [1.54, 1.807) is 12.4 Å². The lowest BCUT2D eigenvalue weighted by atomic mass is 9.86. The minimum atomic E-state index is 0.0829. The van der Waals surface area contributed by atoms with Crippen molar-refractivity contribution < 1.29 is 4.79 Å². The molecule has 0 atom stereocenters. The van der Waals surface area contributed by atoms with Gasteiger partial charge in [-0.1, -0.05) is 6.92 Å². The summed E-state index contributed by atoms with van der Waals surface area (Å²) < 4.78 is 0. The van der Waals surface area contributed by atoms with Crippen LogP contribution in [0.1, 0.15) is 61.6 Å². The third kappa shape index (κ3) is 2.84. The van der Waals surface area contributed by atoms with Crippen molar-refractivity contribution in [2.75, 3.05) is 0 Å². The van der Waals surface area contributed by atoms with E-state index in [2.05, 4.69) is 21.8 Å². The van der Waals surface area contributed by atoms with Gasteiger partial charge in [0.05, 0.1) is 11.9 Å². The van der Waals surface area contributed by atoms with Gasteiger partial charge in [0, 0.05) is 18.3 Å². The third-order valence-electron chi connectivity index (χ3n) is 4.55. The fourth-order valence-electron chi connectivity index (χ4n) is 3.14. The Kier molecular flexibility index (Phi) is 3.72. The van der Waals surface area contributed by atoms with Crippen molar-refractivity contribution in [2.24, 2.45) is 5.92 Å². The summed E-state index contributed by atoms with van der Waals surface area (Å²) >= 11 is 0. The average Bonchev–Trinajstić information content (AvgIpc) is 3.26. The van der Waals surface area contributed by atoms with Gasteiger partial charge in [-0.3, -0.25) is 9.78 Å². The number of aromatic nitrogens is 2. The van der Waals surface area contributed by atoms with E-state index in [4.69, 9.17) is 0 Å². The van der Waals surface area contributed by atoms with Crippen LogP contribution in [0.3, 0.4) is 0 Å². The van der Waals surface area contributed by atoms with Crippen LogP contribution in [0.4, 0.5) is 0 Å². The Balaban J connectivity index is 1.76. The van der Waals surface area contributed by atoms with Gasteiger partial charge in [-0.15, -0.1) is 0 Å². The van der Waals surface area contributed by atoms with Crippen molar-refractivity contribution >= 4 is 5.91 Å². The standard InChI is InChI=1S/C16H23N3O/c1-11-3-5-13(6-4-11)19(14-7-8-14)16(20)15-10-17-12(2)9-18-15/h9-11,13-14H,3-8H2,1-2H3. The number of carbonyl (C=O) groups is 1. The zero-order chi connectivity index (χ0) is 14.1. The highest BCUT2D eigenvalue weighted by molar-refractivity contribution is 5.92. The van der Waals surface area contributed by atoms with Crippen LogP contribution in [0, 0.1) is 12.8 Å². The molecule has 108 valence electrons. The average molecular weight is 273 g/mol. The number of rotatable bonds is 3. The van der Waals surface area contributed by atoms with Gasteiger partial charge in [0.25, 0.3) is 5.91 Å². The second-order valence-electron chi connectivity index (χ2n) is 6.40. The second kappa shape index (κ2) is 5.51. The third-order valence-corrected chi connectivity index (χ3v) is 4.55. The second-order valence-corrected chi connectivity index (χ2v) is 6.40. The Morgan fingerprint density at radius 2 is 1.65 bits per heavy atom. The predicted molar refractivity (Wildman–Crippen MR) is 77.4 cm³/mol. The summed E-state index contributed by atoms with van der Waals surface area (Å²) in [6, 6.07) is 0.860. The van der Waals surface area contributed by atoms with Crippen molar-refractivity contribution in [3.05, 3.63) is 23.8 Å². The Morgan fingerprint density at radius 1 is 1.05 bits per heavy atom. The van der Waals surface area contributed by atoms with Gasteiger partial charge in [-0.05, 0) is 51.4 Å². The van der Waals surface area contributed by atoms with E-state index in [1.165, 1.54) is 12.8 Å². The fourth-order valence-corrected chi connectivity index (χ4v) is 3.14. The Hall–Kier alpha value is -1.45. The van der Waals surface area contributed by atoms with E-state index in [9.17, 15) is 4.79 Å². The highest BCUT2D eigenvalue weighted by Gasteiger charge is 2.39. The van der Waals surface area contributed by atoms with Gasteiger partial charge >= 0.3 is 0 Å². The normalized spacial score (nSPS) is 26.3. The zero-order valence-corrected chi connectivity index (χ0v) is 12.4. The maximum absolute atomic E-state index is 12.7. The van der Waals surface area contributed by atoms with Crippen LogP contribution in [0.15, 0.2) is 12.4 Å². The summed E-state index contributed by atoms with van der Waals surface area (Å²) in [5.41, 5.74) is 1.35. The molecule has 0 spiro atoms. The maximum Gasteiger partial charge on any atom is 0.274 e. The van der Waals surface area contributed by atoms with E-state index >= 15 is 0 Å². The molecule has 3 rings (SSSR count). The van der Waals surface area contributed by atoms with Gasteiger partial charge in [-0.25, -0.2) is 4.98 Å². The quantitative estimate of drug-likeness (QED) is 0.850. The molecule has 0 bridgehead atoms. The van der Waals surface area contributed by atoms with Crippen molar-refractivity contribution in [3.8, 4) is 0 Å². The molecule has 2 fully saturated rings. The molecule has 4 heteroatoms. The summed E-state index contributed by atoms with van der Waals surface area (Å²) in [7, 11) is 0. The topological polar surface area (TPSA) is 46.1 Å². The number of hydrogen-bond acceptors (Lipinski definition) is 3. The Labute approximate surface area is 120 Å². The lowest BCUT2D eigenvalue weighted by molar-refractivity contribution is 0.0586. The van der Waals surface area contributed by atoms with Crippen LogP contribution in [-0.4, -0.2) is 32.9 Å². The molecule has 0 unspecified atom stereocenters. The predicted octanol–water partition coefficient (Wildman–Crippen LogP) is 2.97. The van der Waals surface area contributed by atoms with Gasteiger partial charge < -0.3 is 4.90 Å². The van der Waals surface area contributed by atoms with E-state index in [0.29, 0.717) is 17.8 Å². The molecular weight excluding hydrogens is 250 g/mol. The van der Waals surface area contributed by atoms with Crippen LogP contribution in [0.25, 0.3) is 0 Å². The molecular formula is C16H23N3O. The van der Waals surface area contributed by atoms with Gasteiger partial charge in [-0.2, -0.15) is 0 Å². The smallest absolute Gasteiger partial charge is 0.274 e. The fraction of sp³-hybridized carbons (Fsp3) is 0.688. The van der Waals surface area contributed by atoms with E-state index in [1.807, 2.05) is 6.92 Å². The summed E-state index contributed by atoms with van der Waals surface area (Å²) in [5, 5.41) is 0. The van der Waals surface area contributed by atoms with Crippen LogP contribution < -0.4 is 0 Å². The van der Waals surface area contributed by atoms with Gasteiger partial charge in [0.1, 0.15) is 5.69 Å². The Morgan fingerprint density at radius 3 is 2.15 bits per heavy atom. The van der Waals surface area contributed by atoms with Gasteiger partial charge in [0.15, 0.2) is 0 Å². The van der Waals surface area contributed by atoms with Crippen LogP contribution in [0.2, 0.25) is 0 Å². The lowest BCUT2D eigenvalue weighted by Crippen LogP contribution is -2.44. The van der Waals surface area contributed by atoms with Gasteiger partial charge in [0.2, 0.25) is 0 Å². The molecule has 1 aromatic heterocycles. The maximum atomic E-state index is 12.7. The molecule has 1 heterocycles. The summed E-state index contributed by atoms with van der Waals surface area (Å²) in [4.78, 5) is 23.3. The molecule has 0 saturated heterocycles. The molecule has 4 nitrogen and oxygen atoms in total. The minimum absolute atomic E-state index is 0.0829. The zero-order valence-electron chi connectivity index (χ0n) is 12.4. The number of carbonyl (C=O) groups excluding carboxylic acids is 1. The molecule has 2 aliphatic rings. The van der Waals surface area contributed by atoms with Crippen LogP contribution >= 0.6 is 0 Å². The van der Waals surface area contributed by atoms with E-state index in [-0.39, 0.29) is 5.91 Å². The van der Waals surface area contributed by atoms with Crippen LogP contribution in [-0.2, 0) is 0 Å². The van der Waals surface area contributed by atoms with Crippen LogP contribution in [0.5, 0.6) is 0 Å². The monoisotopic (exact) mass is 273 g/mol. The van der Waals surface area contributed by atoms with Crippen molar-refractivity contribution in [1.82, 2.24) is 14.9 Å². The first-order valence-electron chi connectivity index (χ1n) is 7.76. The highest BCUT2D eigenvalue weighted by atomic mass is 16.2. The largest absolute Gasteiger partial charge is 0.331 e. The number of hydrogen-bond donors (Lipinski definition) is 0. The molecule has 20 heavy (non-hydrogen) atoms.